The van der Waals surface area contributed by atoms with Crippen molar-refractivity contribution in [2.24, 2.45) is 5.73 Å². The number of carboxylic acid groups (broad SMARTS) is 1. The molecular weight excluding hydrogens is 105 g/mol. The molecular formula is C3H8NNaO2. The molecule has 1 atom stereocenters. The van der Waals surface area contributed by atoms with E-state index in [4.69, 9.17) is 10.8 Å². The second kappa shape index (κ2) is 4.59. The molecule has 0 radical (unpaired) electrons. The van der Waals surface area contributed by atoms with E-state index in [1.807, 2.05) is 0 Å². The van der Waals surface area contributed by atoms with Gasteiger partial charge in [0.05, 0.1) is 0 Å². The molecule has 0 saturated heterocycles. The molecule has 0 unspecified atom stereocenters. The van der Waals surface area contributed by atoms with Crippen molar-refractivity contribution in [3.8, 4) is 0 Å². The number of rotatable bonds is 1. The number of carbonyl (C=O) groups is 1. The van der Waals surface area contributed by atoms with E-state index in [2.05, 4.69) is 0 Å². The Morgan fingerprint density at radius 3 is 2.00 bits per heavy atom. The molecule has 0 heterocycles. The molecule has 0 rings (SSSR count). The molecule has 0 saturated carbocycles. The number of hydrogen-bond acceptors (Lipinski definition) is 2. The summed E-state index contributed by atoms with van der Waals surface area (Å²) in [5.74, 6) is -0.963. The molecule has 0 aromatic carbocycles. The Labute approximate surface area is 64.2 Å². The van der Waals surface area contributed by atoms with Crippen molar-refractivity contribution in [2.45, 2.75) is 13.0 Å². The summed E-state index contributed by atoms with van der Waals surface area (Å²) in [5, 5.41) is 7.87. The van der Waals surface area contributed by atoms with E-state index >= 15 is 0 Å². The summed E-state index contributed by atoms with van der Waals surface area (Å²) < 4.78 is 0. The molecule has 7 heavy (non-hydrogen) atoms. The summed E-state index contributed by atoms with van der Waals surface area (Å²) >= 11 is 0. The third-order valence-electron chi connectivity index (χ3n) is 0.390. The van der Waals surface area contributed by atoms with Crippen LogP contribution in [0.5, 0.6) is 0 Å². The average Bonchev–Trinajstić information content (AvgIpc) is 1.36. The van der Waals surface area contributed by atoms with Crippen LogP contribution in [0.15, 0.2) is 0 Å². The quantitative estimate of drug-likeness (QED) is 0.418. The Balaban J connectivity index is 0. The standard InChI is InChI=1S/C3H7NO2.Na.H/c1-2(4)3(5)6;;/h2H,4H2,1H3,(H,5,6);;/t2-;;/m1../s1. The third kappa shape index (κ3) is 6.43. The monoisotopic (exact) mass is 113 g/mol. The first-order chi connectivity index (χ1) is 2.64. The molecule has 0 fully saturated rings. The molecule has 0 aliphatic heterocycles. The number of carboxylic acids is 1. The topological polar surface area (TPSA) is 63.3 Å². The molecule has 3 nitrogen and oxygen atoms in total. The zero-order chi connectivity index (χ0) is 5.15. The minimum atomic E-state index is -0.963. The first-order valence-electron chi connectivity index (χ1n) is 1.63. The molecule has 4 heteroatoms. The number of aliphatic carboxylic acids is 1. The zero-order valence-corrected chi connectivity index (χ0v) is 3.51. The van der Waals surface area contributed by atoms with Crippen LogP contribution in [0.2, 0.25) is 0 Å². The molecule has 0 aliphatic carbocycles. The van der Waals surface area contributed by atoms with Crippen LogP contribution in [-0.4, -0.2) is 46.7 Å². The van der Waals surface area contributed by atoms with Gasteiger partial charge in [0.15, 0.2) is 0 Å². The predicted molar refractivity (Wildman–Crippen MR) is 28.4 cm³/mol. The Kier molecular flexibility index (Phi) is 6.82. The molecule has 0 aromatic heterocycles. The Morgan fingerprint density at radius 1 is 1.86 bits per heavy atom. The summed E-state index contributed by atoms with van der Waals surface area (Å²) in [6.45, 7) is 1.42. The van der Waals surface area contributed by atoms with Gasteiger partial charge < -0.3 is 10.8 Å². The van der Waals surface area contributed by atoms with Gasteiger partial charge in [-0.3, -0.25) is 4.79 Å². The Bertz CT molecular complexity index is 64.0. The van der Waals surface area contributed by atoms with Gasteiger partial charge in [0.25, 0.3) is 0 Å². The number of nitrogens with two attached hydrogens (primary N) is 1. The maximum atomic E-state index is 9.57. The minimum absolute atomic E-state index is 0. The van der Waals surface area contributed by atoms with Crippen LogP contribution in [0.4, 0.5) is 0 Å². The first-order valence-corrected chi connectivity index (χ1v) is 1.63. The van der Waals surface area contributed by atoms with Crippen molar-refractivity contribution in [3.63, 3.8) is 0 Å². The maximum absolute atomic E-state index is 9.57. The first kappa shape index (κ1) is 10.4. The van der Waals surface area contributed by atoms with E-state index in [9.17, 15) is 4.79 Å². The van der Waals surface area contributed by atoms with E-state index in [1.54, 1.807) is 0 Å². The van der Waals surface area contributed by atoms with Crippen molar-refractivity contribution in [1.82, 2.24) is 0 Å². The SMILES string of the molecule is C[C@@H](N)C(=O)O.[NaH]. The van der Waals surface area contributed by atoms with E-state index in [0.29, 0.717) is 0 Å². The number of hydrogen-bond donors (Lipinski definition) is 2. The van der Waals surface area contributed by atoms with E-state index in [0.717, 1.165) is 0 Å². The van der Waals surface area contributed by atoms with Crippen LogP contribution < -0.4 is 5.73 Å². The summed E-state index contributed by atoms with van der Waals surface area (Å²) in [4.78, 5) is 9.57. The second-order valence-corrected chi connectivity index (χ2v) is 1.13. The summed E-state index contributed by atoms with van der Waals surface area (Å²) in [6.07, 6.45) is 0. The van der Waals surface area contributed by atoms with Gasteiger partial charge in [-0.05, 0) is 6.92 Å². The fraction of sp³-hybridized carbons (Fsp3) is 0.667. The summed E-state index contributed by atoms with van der Waals surface area (Å²) in [5.41, 5.74) is 4.84. The van der Waals surface area contributed by atoms with Crippen molar-refractivity contribution in [2.75, 3.05) is 0 Å². The molecule has 0 bridgehead atoms. The Morgan fingerprint density at radius 2 is 2.00 bits per heavy atom. The predicted octanol–water partition coefficient (Wildman–Crippen LogP) is -1.23. The van der Waals surface area contributed by atoms with Crippen LogP contribution in [0.25, 0.3) is 0 Å². The van der Waals surface area contributed by atoms with Gasteiger partial charge in [-0.1, -0.05) is 0 Å². The van der Waals surface area contributed by atoms with Gasteiger partial charge in [0.1, 0.15) is 6.04 Å². The van der Waals surface area contributed by atoms with Crippen molar-refractivity contribution < 1.29 is 9.90 Å². The van der Waals surface area contributed by atoms with Gasteiger partial charge in [-0.15, -0.1) is 0 Å². The van der Waals surface area contributed by atoms with Crippen LogP contribution >= 0.6 is 0 Å². The fourth-order valence-corrected chi connectivity index (χ4v) is 0. The summed E-state index contributed by atoms with van der Waals surface area (Å²) in [7, 11) is 0. The molecule has 38 valence electrons. The van der Waals surface area contributed by atoms with Crippen molar-refractivity contribution in [1.29, 1.82) is 0 Å². The molecule has 0 spiro atoms. The molecule has 0 aliphatic rings. The van der Waals surface area contributed by atoms with Crippen LogP contribution in [0, 0.1) is 0 Å². The summed E-state index contributed by atoms with van der Waals surface area (Å²) in [6, 6.07) is -0.731. The second-order valence-electron chi connectivity index (χ2n) is 1.13. The van der Waals surface area contributed by atoms with Gasteiger partial charge in [0.2, 0.25) is 0 Å². The Hall–Kier alpha value is 0.430. The third-order valence-corrected chi connectivity index (χ3v) is 0.390. The van der Waals surface area contributed by atoms with E-state index in [-0.39, 0.29) is 29.6 Å². The fourth-order valence-electron chi connectivity index (χ4n) is 0. The normalized spacial score (nSPS) is 11.7. The van der Waals surface area contributed by atoms with Gasteiger partial charge in [-0.25, -0.2) is 0 Å². The molecule has 0 amide bonds. The van der Waals surface area contributed by atoms with Crippen molar-refractivity contribution in [3.05, 3.63) is 0 Å². The van der Waals surface area contributed by atoms with Gasteiger partial charge >= 0.3 is 35.5 Å². The average molecular weight is 113 g/mol. The zero-order valence-electron chi connectivity index (χ0n) is 3.51. The van der Waals surface area contributed by atoms with Gasteiger partial charge in [-0.2, -0.15) is 0 Å². The van der Waals surface area contributed by atoms with Gasteiger partial charge in [0, 0.05) is 0 Å². The van der Waals surface area contributed by atoms with Crippen LogP contribution in [0.3, 0.4) is 0 Å². The van der Waals surface area contributed by atoms with E-state index < -0.39 is 12.0 Å². The molecule has 0 aromatic rings. The van der Waals surface area contributed by atoms with Crippen LogP contribution in [0.1, 0.15) is 6.92 Å². The molecule has 3 N–H and O–H groups in total. The van der Waals surface area contributed by atoms with E-state index in [1.165, 1.54) is 6.92 Å². The van der Waals surface area contributed by atoms with Crippen molar-refractivity contribution >= 4 is 35.5 Å². The van der Waals surface area contributed by atoms with Crippen LogP contribution in [-0.2, 0) is 4.79 Å².